The Hall–Kier alpha value is -4.98. The van der Waals surface area contributed by atoms with Crippen LogP contribution in [-0.2, 0) is 5.41 Å². The van der Waals surface area contributed by atoms with E-state index in [1.165, 1.54) is 70.6 Å². The van der Waals surface area contributed by atoms with Gasteiger partial charge in [-0.05, 0) is 62.1 Å². The molecule has 6 aromatic carbocycles. The predicted octanol–water partition coefficient (Wildman–Crippen LogP) is 11.5. The molecule has 0 N–H and O–H groups in total. The van der Waals surface area contributed by atoms with E-state index in [0.717, 1.165) is 6.42 Å². The molecule has 1 heteroatoms. The van der Waals surface area contributed by atoms with Crippen molar-refractivity contribution in [3.05, 3.63) is 196 Å². The zero-order valence-corrected chi connectivity index (χ0v) is 25.1. The first-order chi connectivity index (χ1) is 21.8. The van der Waals surface area contributed by atoms with Crippen LogP contribution in [0.25, 0.3) is 38.4 Å². The number of hydrogen-bond donors (Lipinski definition) is 0. The molecule has 208 valence electrons. The van der Waals surface area contributed by atoms with Gasteiger partial charge < -0.3 is 0 Å². The minimum absolute atomic E-state index is 0.366. The molecule has 0 saturated carbocycles. The number of allylic oxidation sites excluding steroid dienone is 1. The molecule has 44 heavy (non-hydrogen) atoms. The van der Waals surface area contributed by atoms with Crippen LogP contribution in [0.5, 0.6) is 0 Å². The van der Waals surface area contributed by atoms with Gasteiger partial charge in [0.1, 0.15) is 0 Å². The molecule has 0 fully saturated rings. The van der Waals surface area contributed by atoms with Crippen LogP contribution < -0.4 is 0 Å². The summed E-state index contributed by atoms with van der Waals surface area (Å²) in [5.74, 6) is 0.414. The van der Waals surface area contributed by atoms with Gasteiger partial charge in [0.2, 0.25) is 0 Å². The summed E-state index contributed by atoms with van der Waals surface area (Å²) in [5, 5.41) is 1.36. The van der Waals surface area contributed by atoms with Crippen LogP contribution >= 0.6 is 11.3 Å². The fourth-order valence-corrected chi connectivity index (χ4v) is 9.29. The van der Waals surface area contributed by atoms with Crippen molar-refractivity contribution in [2.24, 2.45) is 0 Å². The molecular weight excluding hydrogens is 549 g/mol. The fourth-order valence-electron chi connectivity index (χ4n) is 7.83. The van der Waals surface area contributed by atoms with Gasteiger partial charge in [-0.2, -0.15) is 0 Å². The van der Waals surface area contributed by atoms with E-state index in [1.807, 2.05) is 11.3 Å². The zero-order valence-electron chi connectivity index (χ0n) is 24.3. The number of thiophene rings is 1. The average Bonchev–Trinajstić information content (AvgIpc) is 3.64. The third-order valence-corrected chi connectivity index (χ3v) is 11.1. The average molecular weight is 579 g/mol. The molecule has 0 radical (unpaired) electrons. The summed E-state index contributed by atoms with van der Waals surface area (Å²) in [6.07, 6.45) is 5.76. The van der Waals surface area contributed by atoms with Crippen LogP contribution in [0.1, 0.15) is 50.6 Å². The molecule has 2 aliphatic carbocycles. The lowest BCUT2D eigenvalue weighted by atomic mass is 9.67. The van der Waals surface area contributed by atoms with Crippen LogP contribution in [0.4, 0.5) is 0 Å². The Balaban J connectivity index is 1.21. The van der Waals surface area contributed by atoms with E-state index in [9.17, 15) is 0 Å². The molecule has 0 aliphatic heterocycles. The Kier molecular flexibility index (Phi) is 5.82. The summed E-state index contributed by atoms with van der Waals surface area (Å²) >= 11 is 1.98. The van der Waals surface area contributed by atoms with Crippen molar-refractivity contribution >= 4 is 27.5 Å². The first-order valence-corrected chi connectivity index (χ1v) is 16.3. The van der Waals surface area contributed by atoms with Crippen LogP contribution in [0.15, 0.2) is 158 Å². The fraction of sp³-hybridized carbons (Fsp3) is 0.0698. The first-order valence-electron chi connectivity index (χ1n) is 15.5. The third-order valence-electron chi connectivity index (χ3n) is 9.75. The van der Waals surface area contributed by atoms with E-state index < -0.39 is 0 Å². The highest BCUT2D eigenvalue weighted by molar-refractivity contribution is 7.20. The second kappa shape index (κ2) is 10.0. The molecular formula is C43H30S. The molecule has 0 saturated heterocycles. The number of hydrogen-bond acceptors (Lipinski definition) is 1. The lowest BCUT2D eigenvalue weighted by Gasteiger charge is -2.34. The van der Waals surface area contributed by atoms with Crippen molar-refractivity contribution in [2.45, 2.75) is 17.8 Å². The van der Waals surface area contributed by atoms with Crippen LogP contribution in [0.3, 0.4) is 0 Å². The third kappa shape index (κ3) is 3.63. The Morgan fingerprint density at radius 2 is 1.11 bits per heavy atom. The van der Waals surface area contributed by atoms with Gasteiger partial charge in [0.25, 0.3) is 0 Å². The minimum Gasteiger partial charge on any atom is -0.138 e. The summed E-state index contributed by atoms with van der Waals surface area (Å²) in [7, 11) is 0. The Morgan fingerprint density at radius 1 is 0.523 bits per heavy atom. The van der Waals surface area contributed by atoms with Crippen LogP contribution in [0.2, 0.25) is 0 Å². The predicted molar refractivity (Wildman–Crippen MR) is 187 cm³/mol. The normalized spacial score (nSPS) is 16.0. The molecule has 0 bridgehead atoms. The molecule has 1 heterocycles. The Morgan fingerprint density at radius 3 is 1.82 bits per heavy atom. The maximum absolute atomic E-state index is 2.38. The Labute approximate surface area is 262 Å². The molecule has 0 spiro atoms. The van der Waals surface area contributed by atoms with E-state index >= 15 is 0 Å². The maximum atomic E-state index is 2.38. The van der Waals surface area contributed by atoms with Gasteiger partial charge in [-0.25, -0.2) is 0 Å². The second-order valence-corrected chi connectivity index (χ2v) is 13.0. The van der Waals surface area contributed by atoms with Gasteiger partial charge in [-0.3, -0.25) is 0 Å². The van der Waals surface area contributed by atoms with E-state index in [0.29, 0.717) is 5.92 Å². The zero-order chi connectivity index (χ0) is 29.1. The van der Waals surface area contributed by atoms with Crippen molar-refractivity contribution in [1.82, 2.24) is 0 Å². The summed E-state index contributed by atoms with van der Waals surface area (Å²) in [6.45, 7) is 0. The van der Waals surface area contributed by atoms with E-state index in [2.05, 4.69) is 164 Å². The molecule has 9 rings (SSSR count). The van der Waals surface area contributed by atoms with Crippen molar-refractivity contribution in [3.63, 3.8) is 0 Å². The van der Waals surface area contributed by atoms with Gasteiger partial charge in [-0.1, -0.05) is 164 Å². The van der Waals surface area contributed by atoms with Gasteiger partial charge in [0, 0.05) is 20.9 Å². The molecule has 0 nitrogen and oxygen atoms in total. The van der Waals surface area contributed by atoms with Gasteiger partial charge >= 0.3 is 0 Å². The topological polar surface area (TPSA) is 0 Å². The van der Waals surface area contributed by atoms with Gasteiger partial charge in [0.05, 0.1) is 5.41 Å². The highest BCUT2D eigenvalue weighted by Crippen LogP contribution is 2.56. The minimum atomic E-state index is -0.366. The SMILES string of the molecule is C1=Cc2c(sc3c(-c4ccc(C5(c6ccccc6)c6ccccc6-c6ccccc65)cc4)cccc23)C(c2ccccc2)C1. The lowest BCUT2D eigenvalue weighted by molar-refractivity contribution is 0.768. The van der Waals surface area contributed by atoms with Gasteiger partial charge in [-0.15, -0.1) is 11.3 Å². The van der Waals surface area contributed by atoms with Crippen molar-refractivity contribution in [2.75, 3.05) is 0 Å². The molecule has 0 amide bonds. The Bertz CT molecular complexity index is 2140. The van der Waals surface area contributed by atoms with Crippen LogP contribution in [-0.4, -0.2) is 0 Å². The summed E-state index contributed by atoms with van der Waals surface area (Å²) in [5.41, 5.74) is 13.0. The van der Waals surface area contributed by atoms with E-state index in [1.54, 1.807) is 0 Å². The highest BCUT2D eigenvalue weighted by atomic mass is 32.1. The monoisotopic (exact) mass is 578 g/mol. The number of fused-ring (bicyclic) bond motifs is 6. The summed E-state index contributed by atoms with van der Waals surface area (Å²) in [4.78, 5) is 1.49. The van der Waals surface area contributed by atoms with E-state index in [4.69, 9.17) is 0 Å². The second-order valence-electron chi connectivity index (χ2n) is 11.9. The van der Waals surface area contributed by atoms with E-state index in [-0.39, 0.29) is 5.41 Å². The first kappa shape index (κ1) is 25.5. The van der Waals surface area contributed by atoms with Crippen LogP contribution in [0, 0.1) is 0 Å². The summed E-state index contributed by atoms with van der Waals surface area (Å²) in [6, 6.07) is 56.2. The standard InChI is InChI=1S/C43H30S/c1-3-13-29(14-4-1)33-19-11-21-37-38-22-12-20-34(42(38)44-41(33)37)30-25-27-32(28-26-30)43(31-15-5-2-6-16-31)39-23-9-7-17-35(39)36-18-8-10-24-40(36)43/h1-18,20-28,33H,19H2. The van der Waals surface area contributed by atoms with Gasteiger partial charge in [0.15, 0.2) is 0 Å². The quantitative estimate of drug-likeness (QED) is 0.195. The molecule has 1 aromatic heterocycles. The molecule has 2 aliphatic rings. The smallest absolute Gasteiger partial charge is 0.0713 e. The van der Waals surface area contributed by atoms with Crippen molar-refractivity contribution < 1.29 is 0 Å². The van der Waals surface area contributed by atoms with Crippen molar-refractivity contribution in [1.29, 1.82) is 0 Å². The summed E-state index contributed by atoms with van der Waals surface area (Å²) < 4.78 is 1.38. The number of rotatable bonds is 4. The largest absolute Gasteiger partial charge is 0.138 e. The molecule has 1 unspecified atom stereocenters. The van der Waals surface area contributed by atoms with Crippen molar-refractivity contribution in [3.8, 4) is 22.3 Å². The molecule has 1 atom stereocenters. The molecule has 7 aromatic rings. The highest BCUT2D eigenvalue weighted by Gasteiger charge is 2.45. The number of benzene rings is 6. The lowest BCUT2D eigenvalue weighted by Crippen LogP contribution is -2.28. The maximum Gasteiger partial charge on any atom is 0.0713 e.